The number of hydrogen-bond acceptors (Lipinski definition) is 3. The van der Waals surface area contributed by atoms with Crippen molar-refractivity contribution < 1.29 is 20.6 Å². The summed E-state index contributed by atoms with van der Waals surface area (Å²) in [6.07, 6.45) is 12.4. The Morgan fingerprint density at radius 1 is 0.789 bits per heavy atom. The number of rotatable bonds is 13. The molecule has 0 fully saturated rings. The first kappa shape index (κ1) is 21.1. The number of hydrogen-bond donors (Lipinski definition) is 3. The molecule has 1 unspecified atom stereocenters. The summed E-state index contributed by atoms with van der Waals surface area (Å²) in [7, 11) is 2.02. The maximum atomic E-state index is 8.82. The van der Waals surface area contributed by atoms with Crippen molar-refractivity contribution in [3.05, 3.63) is 0 Å². The second-order valence-corrected chi connectivity index (χ2v) is 5.57. The molecule has 0 saturated heterocycles. The highest BCUT2D eigenvalue weighted by Gasteiger charge is 2.06. The van der Waals surface area contributed by atoms with Crippen molar-refractivity contribution in [2.24, 2.45) is 0 Å². The Bertz CT molecular complexity index is 165. The van der Waals surface area contributed by atoms with Crippen LogP contribution in [0.5, 0.6) is 0 Å². The molecule has 0 saturated carbocycles. The van der Waals surface area contributed by atoms with Gasteiger partial charge in [0.05, 0.1) is 13.6 Å². The first-order valence-electron chi connectivity index (χ1n) is 7.84. The molecule has 4 heteroatoms. The molecular weight excluding hydrogens is 242 g/mol. The third kappa shape index (κ3) is 17.8. The van der Waals surface area contributed by atoms with E-state index in [2.05, 4.69) is 6.92 Å². The van der Waals surface area contributed by atoms with Crippen molar-refractivity contribution in [1.82, 2.24) is 0 Å². The first-order valence-corrected chi connectivity index (χ1v) is 7.84. The molecule has 0 radical (unpaired) electrons. The molecule has 0 aliphatic heterocycles. The van der Waals surface area contributed by atoms with E-state index in [0.717, 1.165) is 6.54 Å². The van der Waals surface area contributed by atoms with Crippen LogP contribution in [0.15, 0.2) is 0 Å². The van der Waals surface area contributed by atoms with Crippen molar-refractivity contribution >= 4 is 0 Å². The smallest absolute Gasteiger partial charge is 0.202 e. The highest BCUT2D eigenvalue weighted by molar-refractivity contribution is 4.47. The fourth-order valence-electron chi connectivity index (χ4n) is 2.33. The standard InChI is InChI=1S/C15H33NO2.H2O/c1-3-4-5-6-7-8-9-10-11-12-13-16(2)14-15(17)18;/h15,17-18H,3-14H2,1-2H3;1H2. The summed E-state index contributed by atoms with van der Waals surface area (Å²) in [4.78, 5) is 1.21. The summed E-state index contributed by atoms with van der Waals surface area (Å²) in [5.41, 5.74) is 0. The summed E-state index contributed by atoms with van der Waals surface area (Å²) in [5.74, 6) is 0. The molecule has 0 spiro atoms. The van der Waals surface area contributed by atoms with Crippen LogP contribution in [0.1, 0.15) is 71.1 Å². The van der Waals surface area contributed by atoms with Gasteiger partial charge in [-0.15, -0.1) is 0 Å². The Morgan fingerprint density at radius 3 is 1.63 bits per heavy atom. The van der Waals surface area contributed by atoms with Crippen molar-refractivity contribution in [3.8, 4) is 0 Å². The number of quaternary nitrogens is 1. The van der Waals surface area contributed by atoms with Crippen LogP contribution in [0.4, 0.5) is 0 Å². The van der Waals surface area contributed by atoms with E-state index in [9.17, 15) is 0 Å². The molecule has 118 valence electrons. The van der Waals surface area contributed by atoms with Gasteiger partial charge in [0.2, 0.25) is 6.29 Å². The minimum absolute atomic E-state index is 0. The number of aliphatic hydroxyl groups excluding tert-OH is 1. The zero-order valence-corrected chi connectivity index (χ0v) is 12.9. The third-order valence-corrected chi connectivity index (χ3v) is 3.49. The van der Waals surface area contributed by atoms with Gasteiger partial charge in [-0.3, -0.25) is 0 Å². The number of unbranched alkanes of at least 4 members (excludes halogenated alkanes) is 9. The number of nitrogens with one attached hydrogen (secondary N) is 1. The largest absolute Gasteiger partial charge is 0.870 e. The van der Waals surface area contributed by atoms with E-state index in [1.807, 2.05) is 7.05 Å². The molecule has 0 amide bonds. The van der Waals surface area contributed by atoms with Crippen molar-refractivity contribution in [1.29, 1.82) is 0 Å². The van der Waals surface area contributed by atoms with Crippen LogP contribution in [-0.4, -0.2) is 42.1 Å². The highest BCUT2D eigenvalue weighted by atomic mass is 16.5. The van der Waals surface area contributed by atoms with Crippen molar-refractivity contribution in [3.63, 3.8) is 0 Å². The van der Waals surface area contributed by atoms with Crippen molar-refractivity contribution in [2.45, 2.75) is 77.4 Å². The van der Waals surface area contributed by atoms with Gasteiger partial charge in [-0.1, -0.05) is 58.3 Å². The Morgan fingerprint density at radius 2 is 1.21 bits per heavy atom. The molecule has 19 heavy (non-hydrogen) atoms. The molecule has 1 atom stereocenters. The second kappa shape index (κ2) is 15.9. The van der Waals surface area contributed by atoms with Gasteiger partial charge in [0, 0.05) is 0 Å². The maximum absolute atomic E-state index is 8.82. The Balaban J connectivity index is 0. The topological polar surface area (TPSA) is 74.9 Å². The first-order chi connectivity index (χ1) is 8.66. The van der Waals surface area contributed by atoms with Gasteiger partial charge in [0.25, 0.3) is 0 Å². The molecular formula is C15H35NO3. The van der Waals surface area contributed by atoms with E-state index in [4.69, 9.17) is 10.2 Å². The van der Waals surface area contributed by atoms with Gasteiger partial charge in [-0.25, -0.2) is 0 Å². The van der Waals surface area contributed by atoms with Crippen LogP contribution in [0.2, 0.25) is 0 Å². The SMILES string of the molecule is CCCCCCCCCCCC[NH+](C)CC(O)O.[OH-]. The zero-order valence-electron chi connectivity index (χ0n) is 12.9. The van der Waals surface area contributed by atoms with Gasteiger partial charge in [0.15, 0.2) is 0 Å². The van der Waals surface area contributed by atoms with Gasteiger partial charge in [-0.05, 0) is 12.8 Å². The quantitative estimate of drug-likeness (QED) is 0.353. The lowest BCUT2D eigenvalue weighted by atomic mass is 10.1. The fourth-order valence-corrected chi connectivity index (χ4v) is 2.33. The minimum atomic E-state index is -1.16. The Hall–Kier alpha value is -0.160. The lowest BCUT2D eigenvalue weighted by Crippen LogP contribution is -3.10. The molecule has 0 aliphatic carbocycles. The van der Waals surface area contributed by atoms with E-state index < -0.39 is 6.29 Å². The molecule has 0 aromatic carbocycles. The number of likely N-dealkylation sites (N-methyl/N-ethyl adjacent to an activating group) is 1. The van der Waals surface area contributed by atoms with Crippen LogP contribution in [0.3, 0.4) is 0 Å². The lowest BCUT2D eigenvalue weighted by molar-refractivity contribution is -0.886. The van der Waals surface area contributed by atoms with E-state index in [1.54, 1.807) is 0 Å². The molecule has 4 N–H and O–H groups in total. The zero-order chi connectivity index (χ0) is 13.6. The highest BCUT2D eigenvalue weighted by Crippen LogP contribution is 2.09. The average molecular weight is 277 g/mol. The molecule has 0 aliphatic rings. The second-order valence-electron chi connectivity index (χ2n) is 5.57. The van der Waals surface area contributed by atoms with E-state index in [0.29, 0.717) is 6.54 Å². The maximum Gasteiger partial charge on any atom is 0.202 e. The molecule has 0 rings (SSSR count). The van der Waals surface area contributed by atoms with Gasteiger partial charge < -0.3 is 20.6 Å². The monoisotopic (exact) mass is 277 g/mol. The predicted octanol–water partition coefficient (Wildman–Crippen LogP) is 1.56. The molecule has 0 bridgehead atoms. The van der Waals surface area contributed by atoms with Crippen LogP contribution in [-0.2, 0) is 0 Å². The fraction of sp³-hybridized carbons (Fsp3) is 1.00. The van der Waals surface area contributed by atoms with E-state index >= 15 is 0 Å². The molecule has 0 heterocycles. The van der Waals surface area contributed by atoms with Gasteiger partial charge in [0.1, 0.15) is 6.54 Å². The third-order valence-electron chi connectivity index (χ3n) is 3.49. The Labute approximate surface area is 119 Å². The summed E-state index contributed by atoms with van der Waals surface area (Å²) in [6, 6.07) is 0. The summed E-state index contributed by atoms with van der Waals surface area (Å²) in [6.45, 7) is 3.75. The number of aliphatic hydroxyl groups is 2. The predicted molar refractivity (Wildman–Crippen MR) is 78.6 cm³/mol. The summed E-state index contributed by atoms with van der Waals surface area (Å²) < 4.78 is 0. The Kier molecular flexibility index (Phi) is 17.7. The van der Waals surface area contributed by atoms with Crippen LogP contribution < -0.4 is 4.90 Å². The van der Waals surface area contributed by atoms with Gasteiger partial charge in [-0.2, -0.15) is 0 Å². The molecule has 4 nitrogen and oxygen atoms in total. The average Bonchev–Trinajstić information content (AvgIpc) is 2.30. The van der Waals surface area contributed by atoms with Crippen LogP contribution in [0.25, 0.3) is 0 Å². The minimum Gasteiger partial charge on any atom is -0.870 e. The lowest BCUT2D eigenvalue weighted by Gasteiger charge is -2.14. The van der Waals surface area contributed by atoms with E-state index in [-0.39, 0.29) is 5.48 Å². The van der Waals surface area contributed by atoms with E-state index in [1.165, 1.54) is 69.1 Å². The van der Waals surface area contributed by atoms with Crippen molar-refractivity contribution in [2.75, 3.05) is 20.1 Å². The van der Waals surface area contributed by atoms with Crippen LogP contribution >= 0.6 is 0 Å². The van der Waals surface area contributed by atoms with Crippen LogP contribution in [0, 0.1) is 0 Å². The van der Waals surface area contributed by atoms with Gasteiger partial charge >= 0.3 is 0 Å². The molecule has 0 aromatic rings. The summed E-state index contributed by atoms with van der Waals surface area (Å²) in [5, 5.41) is 17.6. The summed E-state index contributed by atoms with van der Waals surface area (Å²) >= 11 is 0. The molecule has 0 aromatic heterocycles. The normalized spacial score (nSPS) is 12.5.